The maximum Gasteiger partial charge on any atom is 0.262 e. The van der Waals surface area contributed by atoms with E-state index >= 15 is 0 Å². The fourth-order valence-electron chi connectivity index (χ4n) is 2.52. The Morgan fingerprint density at radius 2 is 1.97 bits per heavy atom. The van der Waals surface area contributed by atoms with Gasteiger partial charge in [0.15, 0.2) is 6.61 Å². The Bertz CT molecular complexity index is 997. The van der Waals surface area contributed by atoms with E-state index < -0.39 is 23.8 Å². The minimum atomic E-state index is -0.822. The fraction of sp³-hybridized carbons (Fsp3) is 0.238. The van der Waals surface area contributed by atoms with E-state index in [0.717, 1.165) is 4.47 Å². The Labute approximate surface area is 193 Å². The van der Waals surface area contributed by atoms with E-state index in [0.29, 0.717) is 21.9 Å². The molecule has 1 unspecified atom stereocenters. The van der Waals surface area contributed by atoms with Gasteiger partial charge in [-0.05, 0) is 42.3 Å². The van der Waals surface area contributed by atoms with Crippen molar-refractivity contribution in [2.45, 2.75) is 19.9 Å². The monoisotopic (exact) mass is 508 g/mol. The second-order valence-corrected chi connectivity index (χ2v) is 8.23. The standard InChI is InChI=1S/C21H22BrClN4O4/c1-12(2)19(26-20(29)13-4-3-5-16(23)9-13)21(30)27-25-10-14-8-15(22)6-7-17(14)31-11-18(24)28/h3-10,12,19H,11H2,1-2H3,(H2,24,28)(H,26,29)(H,27,30). The lowest BCUT2D eigenvalue weighted by molar-refractivity contribution is -0.124. The quantitative estimate of drug-likeness (QED) is 0.355. The molecule has 0 fully saturated rings. The van der Waals surface area contributed by atoms with E-state index in [2.05, 4.69) is 31.8 Å². The number of hydrazone groups is 1. The van der Waals surface area contributed by atoms with Crippen molar-refractivity contribution in [1.29, 1.82) is 0 Å². The highest BCUT2D eigenvalue weighted by Gasteiger charge is 2.24. The van der Waals surface area contributed by atoms with Crippen molar-refractivity contribution in [3.63, 3.8) is 0 Å². The van der Waals surface area contributed by atoms with Crippen LogP contribution in [0.5, 0.6) is 5.75 Å². The van der Waals surface area contributed by atoms with Crippen LogP contribution in [0.4, 0.5) is 0 Å². The van der Waals surface area contributed by atoms with Gasteiger partial charge in [-0.3, -0.25) is 14.4 Å². The summed E-state index contributed by atoms with van der Waals surface area (Å²) in [6.45, 7) is 3.31. The summed E-state index contributed by atoms with van der Waals surface area (Å²) in [5, 5.41) is 7.07. The first-order valence-electron chi connectivity index (χ1n) is 9.27. The van der Waals surface area contributed by atoms with Gasteiger partial charge in [0.25, 0.3) is 17.7 Å². The molecule has 1 atom stereocenters. The predicted molar refractivity (Wildman–Crippen MR) is 122 cm³/mol. The molecule has 0 aliphatic carbocycles. The Balaban J connectivity index is 2.08. The summed E-state index contributed by atoms with van der Waals surface area (Å²) in [5.74, 6) is -1.35. The summed E-state index contributed by atoms with van der Waals surface area (Å²) in [5.41, 5.74) is 8.39. The highest BCUT2D eigenvalue weighted by molar-refractivity contribution is 9.10. The zero-order chi connectivity index (χ0) is 23.0. The lowest BCUT2D eigenvalue weighted by Gasteiger charge is -2.20. The molecule has 3 amide bonds. The first-order chi connectivity index (χ1) is 14.7. The third-order valence-corrected chi connectivity index (χ3v) is 4.77. The van der Waals surface area contributed by atoms with Crippen molar-refractivity contribution in [2.75, 3.05) is 6.61 Å². The highest BCUT2D eigenvalue weighted by Crippen LogP contribution is 2.21. The van der Waals surface area contributed by atoms with Gasteiger partial charge in [-0.2, -0.15) is 5.10 Å². The second-order valence-electron chi connectivity index (χ2n) is 6.88. The highest BCUT2D eigenvalue weighted by atomic mass is 79.9. The number of hydrogen-bond donors (Lipinski definition) is 3. The first kappa shape index (κ1) is 24.4. The Morgan fingerprint density at radius 1 is 1.23 bits per heavy atom. The van der Waals surface area contributed by atoms with Crippen LogP contribution in [-0.4, -0.2) is 36.6 Å². The Hall–Kier alpha value is -2.91. The molecule has 0 saturated heterocycles. The van der Waals surface area contributed by atoms with Crippen LogP contribution < -0.4 is 21.2 Å². The molecule has 8 nitrogen and oxygen atoms in total. The van der Waals surface area contributed by atoms with Crippen LogP contribution >= 0.6 is 27.5 Å². The van der Waals surface area contributed by atoms with Gasteiger partial charge in [-0.1, -0.05) is 47.4 Å². The summed E-state index contributed by atoms with van der Waals surface area (Å²) < 4.78 is 6.09. The van der Waals surface area contributed by atoms with Crippen LogP contribution in [0.1, 0.15) is 29.8 Å². The van der Waals surface area contributed by atoms with Gasteiger partial charge in [-0.25, -0.2) is 5.43 Å². The van der Waals surface area contributed by atoms with E-state index in [-0.39, 0.29) is 12.5 Å². The van der Waals surface area contributed by atoms with Gasteiger partial charge >= 0.3 is 0 Å². The molecule has 0 bridgehead atoms. The first-order valence-corrected chi connectivity index (χ1v) is 10.4. The lowest BCUT2D eigenvalue weighted by atomic mass is 10.0. The van der Waals surface area contributed by atoms with Gasteiger partial charge in [0.2, 0.25) is 0 Å². The van der Waals surface area contributed by atoms with E-state index in [1.165, 1.54) is 12.3 Å². The zero-order valence-corrected chi connectivity index (χ0v) is 19.2. The van der Waals surface area contributed by atoms with Crippen LogP contribution in [0.2, 0.25) is 5.02 Å². The van der Waals surface area contributed by atoms with Gasteiger partial charge in [-0.15, -0.1) is 0 Å². The number of hydrogen-bond acceptors (Lipinski definition) is 5. The average molecular weight is 510 g/mol. The molecule has 2 rings (SSSR count). The Morgan fingerprint density at radius 3 is 2.61 bits per heavy atom. The normalized spacial score (nSPS) is 11.9. The SMILES string of the molecule is CC(C)C(NC(=O)c1cccc(Cl)c1)C(=O)NN=Cc1cc(Br)ccc1OCC(N)=O. The number of benzene rings is 2. The molecule has 0 saturated carbocycles. The van der Waals surface area contributed by atoms with Crippen molar-refractivity contribution >= 4 is 51.5 Å². The smallest absolute Gasteiger partial charge is 0.262 e. The number of rotatable bonds is 9. The maximum absolute atomic E-state index is 12.6. The molecular weight excluding hydrogens is 488 g/mol. The molecule has 164 valence electrons. The van der Waals surface area contributed by atoms with Crippen LogP contribution in [0.15, 0.2) is 52.0 Å². The van der Waals surface area contributed by atoms with E-state index in [1.54, 1.807) is 50.2 Å². The number of nitrogens with one attached hydrogen (secondary N) is 2. The number of nitrogens with zero attached hydrogens (tertiary/aromatic N) is 1. The number of halogens is 2. The molecule has 4 N–H and O–H groups in total. The van der Waals surface area contributed by atoms with Crippen molar-refractivity contribution in [2.24, 2.45) is 16.8 Å². The maximum atomic E-state index is 12.6. The van der Waals surface area contributed by atoms with Crippen LogP contribution in [-0.2, 0) is 9.59 Å². The number of amides is 3. The summed E-state index contributed by atoms with van der Waals surface area (Å²) in [6, 6.07) is 10.7. The predicted octanol–water partition coefficient (Wildman–Crippen LogP) is 2.87. The largest absolute Gasteiger partial charge is 0.483 e. The van der Waals surface area contributed by atoms with Crippen molar-refractivity contribution in [3.8, 4) is 5.75 Å². The number of carbonyl (C=O) groups is 3. The molecule has 10 heteroatoms. The molecular formula is C21H22BrClN4O4. The summed E-state index contributed by atoms with van der Waals surface area (Å²) in [4.78, 5) is 36.0. The number of ether oxygens (including phenoxy) is 1. The van der Waals surface area contributed by atoms with Gasteiger partial charge in [0.05, 0.1) is 6.21 Å². The number of nitrogens with two attached hydrogens (primary N) is 1. The van der Waals surface area contributed by atoms with Gasteiger partial charge < -0.3 is 15.8 Å². The van der Waals surface area contributed by atoms with Crippen LogP contribution in [0.25, 0.3) is 0 Å². The minimum Gasteiger partial charge on any atom is -0.483 e. The van der Waals surface area contributed by atoms with Crippen molar-refractivity contribution in [3.05, 3.63) is 63.1 Å². The summed E-state index contributed by atoms with van der Waals surface area (Å²) >= 11 is 9.26. The molecule has 0 radical (unpaired) electrons. The minimum absolute atomic E-state index is 0.196. The summed E-state index contributed by atoms with van der Waals surface area (Å²) in [6.07, 6.45) is 1.37. The summed E-state index contributed by atoms with van der Waals surface area (Å²) in [7, 11) is 0. The molecule has 2 aromatic carbocycles. The number of carbonyl (C=O) groups excluding carboxylic acids is 3. The lowest BCUT2D eigenvalue weighted by Crippen LogP contribution is -2.48. The Kier molecular flexibility index (Phi) is 9.02. The third-order valence-electron chi connectivity index (χ3n) is 4.04. The molecule has 0 spiro atoms. The molecule has 0 heterocycles. The molecule has 0 aliphatic rings. The van der Waals surface area contributed by atoms with Crippen LogP contribution in [0, 0.1) is 5.92 Å². The van der Waals surface area contributed by atoms with E-state index in [4.69, 9.17) is 22.1 Å². The van der Waals surface area contributed by atoms with E-state index in [1.807, 2.05) is 0 Å². The molecule has 31 heavy (non-hydrogen) atoms. The van der Waals surface area contributed by atoms with Crippen molar-refractivity contribution in [1.82, 2.24) is 10.7 Å². The molecule has 0 aromatic heterocycles. The van der Waals surface area contributed by atoms with Crippen LogP contribution in [0.3, 0.4) is 0 Å². The average Bonchev–Trinajstić information content (AvgIpc) is 2.70. The zero-order valence-electron chi connectivity index (χ0n) is 16.9. The van der Waals surface area contributed by atoms with Gasteiger partial charge in [0.1, 0.15) is 11.8 Å². The van der Waals surface area contributed by atoms with Gasteiger partial charge in [0, 0.05) is 20.6 Å². The fourth-order valence-corrected chi connectivity index (χ4v) is 3.09. The molecule has 0 aliphatic heterocycles. The molecule has 2 aromatic rings. The second kappa shape index (κ2) is 11.5. The number of primary amides is 1. The topological polar surface area (TPSA) is 123 Å². The van der Waals surface area contributed by atoms with E-state index in [9.17, 15) is 14.4 Å². The van der Waals surface area contributed by atoms with Crippen molar-refractivity contribution < 1.29 is 19.1 Å². The third kappa shape index (κ3) is 7.69.